The number of aliphatic hydroxyl groups is 4. The molecule has 1 aromatic carbocycles. The number of hydrogen-bond acceptors (Lipinski definition) is 7. The highest BCUT2D eigenvalue weighted by molar-refractivity contribution is 5.88. The van der Waals surface area contributed by atoms with Crippen molar-refractivity contribution < 1.29 is 30.0 Å². The van der Waals surface area contributed by atoms with Crippen molar-refractivity contribution in [2.24, 2.45) is 0 Å². The highest BCUT2D eigenvalue weighted by atomic mass is 16.6. The first-order valence-corrected chi connectivity index (χ1v) is 6.87. The first-order valence-electron chi connectivity index (χ1n) is 6.87. The molecule has 0 saturated carbocycles. The van der Waals surface area contributed by atoms with Crippen LogP contribution in [0.3, 0.4) is 0 Å². The van der Waals surface area contributed by atoms with Gasteiger partial charge >= 0.3 is 0 Å². The first-order chi connectivity index (χ1) is 10.4. The van der Waals surface area contributed by atoms with Crippen molar-refractivity contribution in [1.82, 2.24) is 0 Å². The number of benzene rings is 1. The molecule has 8 nitrogen and oxygen atoms in total. The second-order valence-electron chi connectivity index (χ2n) is 5.16. The third kappa shape index (κ3) is 3.73. The van der Waals surface area contributed by atoms with E-state index in [1.807, 2.05) is 0 Å². The first kappa shape index (κ1) is 16.7. The molecule has 122 valence electrons. The molecule has 1 aromatic rings. The van der Waals surface area contributed by atoms with E-state index in [1.54, 1.807) is 24.3 Å². The van der Waals surface area contributed by atoms with Gasteiger partial charge in [-0.2, -0.15) is 0 Å². The van der Waals surface area contributed by atoms with Gasteiger partial charge in [0.1, 0.15) is 24.4 Å². The van der Waals surface area contributed by atoms with Gasteiger partial charge in [-0.15, -0.1) is 0 Å². The van der Waals surface area contributed by atoms with Gasteiger partial charge in [-0.3, -0.25) is 4.79 Å². The summed E-state index contributed by atoms with van der Waals surface area (Å²) < 4.78 is 5.35. The maximum atomic E-state index is 10.9. The topological polar surface area (TPSA) is 131 Å². The number of ether oxygens (including phenoxy) is 1. The molecule has 0 bridgehead atoms. The minimum atomic E-state index is -1.31. The predicted molar refractivity (Wildman–Crippen MR) is 78.1 cm³/mol. The van der Waals surface area contributed by atoms with E-state index in [2.05, 4.69) is 10.6 Å². The molecule has 0 radical (unpaired) electrons. The van der Waals surface area contributed by atoms with Gasteiger partial charge in [-0.1, -0.05) is 0 Å². The third-order valence-electron chi connectivity index (χ3n) is 3.38. The van der Waals surface area contributed by atoms with Crippen LogP contribution in [-0.4, -0.2) is 63.6 Å². The summed E-state index contributed by atoms with van der Waals surface area (Å²) in [6.45, 7) is 0.829. The SMILES string of the molecule is CC(=O)Nc1ccc(N[C@H]2O[C@@H]([C@H](O)CO)[C@@H](O)[C@@H]2O)cc1. The molecule has 2 rings (SSSR count). The summed E-state index contributed by atoms with van der Waals surface area (Å²) in [6.07, 6.45) is -5.83. The van der Waals surface area contributed by atoms with E-state index < -0.39 is 37.3 Å². The number of amides is 1. The molecule has 1 heterocycles. The molecule has 5 atom stereocenters. The molecular weight excluding hydrogens is 292 g/mol. The van der Waals surface area contributed by atoms with Crippen LogP contribution in [0, 0.1) is 0 Å². The van der Waals surface area contributed by atoms with Crippen molar-refractivity contribution >= 4 is 17.3 Å². The van der Waals surface area contributed by atoms with E-state index in [1.165, 1.54) is 6.92 Å². The quantitative estimate of drug-likeness (QED) is 0.405. The standard InChI is InChI=1S/C14H20N2O6/c1-7(18)15-8-2-4-9(5-3-8)16-14-12(21)11(20)13(22-14)10(19)6-17/h2-5,10-14,16-17,19-21H,6H2,1H3,(H,15,18)/t10-,11+,12+,13+,14+/m1/s1. The van der Waals surface area contributed by atoms with E-state index >= 15 is 0 Å². The monoisotopic (exact) mass is 312 g/mol. The smallest absolute Gasteiger partial charge is 0.221 e. The second-order valence-corrected chi connectivity index (χ2v) is 5.16. The maximum absolute atomic E-state index is 10.9. The Hall–Kier alpha value is -1.71. The molecule has 6 N–H and O–H groups in total. The average Bonchev–Trinajstić information content (AvgIpc) is 2.76. The zero-order chi connectivity index (χ0) is 16.3. The number of carbonyl (C=O) groups excluding carboxylic acids is 1. The van der Waals surface area contributed by atoms with Crippen molar-refractivity contribution in [2.45, 2.75) is 37.6 Å². The van der Waals surface area contributed by atoms with Crippen LogP contribution in [0.1, 0.15) is 6.92 Å². The Labute approximate surface area is 127 Å². The molecule has 1 amide bonds. The highest BCUT2D eigenvalue weighted by Gasteiger charge is 2.45. The number of anilines is 2. The second kappa shape index (κ2) is 7.03. The van der Waals surface area contributed by atoms with Crippen LogP contribution in [0.25, 0.3) is 0 Å². The van der Waals surface area contributed by atoms with Crippen LogP contribution in [-0.2, 0) is 9.53 Å². The van der Waals surface area contributed by atoms with Gasteiger partial charge < -0.3 is 35.8 Å². The molecule has 0 aromatic heterocycles. The molecule has 22 heavy (non-hydrogen) atoms. The van der Waals surface area contributed by atoms with Crippen molar-refractivity contribution in [3.8, 4) is 0 Å². The molecule has 1 fully saturated rings. The number of aliphatic hydroxyl groups excluding tert-OH is 4. The summed E-state index contributed by atoms with van der Waals surface area (Å²) in [6, 6.07) is 6.68. The summed E-state index contributed by atoms with van der Waals surface area (Å²) >= 11 is 0. The lowest BCUT2D eigenvalue weighted by Gasteiger charge is -2.19. The molecule has 0 spiro atoms. The van der Waals surface area contributed by atoms with E-state index in [0.29, 0.717) is 11.4 Å². The van der Waals surface area contributed by atoms with E-state index in [-0.39, 0.29) is 5.91 Å². The Kier molecular flexibility index (Phi) is 5.33. The van der Waals surface area contributed by atoms with Crippen LogP contribution in [0.4, 0.5) is 11.4 Å². The van der Waals surface area contributed by atoms with Gasteiger partial charge in [0.15, 0.2) is 6.23 Å². The van der Waals surface area contributed by atoms with Gasteiger partial charge in [0.25, 0.3) is 0 Å². The summed E-state index contributed by atoms with van der Waals surface area (Å²) in [5.74, 6) is -0.181. The van der Waals surface area contributed by atoms with Crippen LogP contribution in [0.5, 0.6) is 0 Å². The highest BCUT2D eigenvalue weighted by Crippen LogP contribution is 2.25. The summed E-state index contributed by atoms with van der Waals surface area (Å²) in [5, 5.41) is 43.7. The van der Waals surface area contributed by atoms with Gasteiger partial charge in [0.05, 0.1) is 6.61 Å². The lowest BCUT2D eigenvalue weighted by molar-refractivity contribution is -0.114. The van der Waals surface area contributed by atoms with Crippen molar-refractivity contribution in [2.75, 3.05) is 17.2 Å². The number of nitrogens with one attached hydrogen (secondary N) is 2. The summed E-state index contributed by atoms with van der Waals surface area (Å²) in [7, 11) is 0. The lowest BCUT2D eigenvalue weighted by Crippen LogP contribution is -2.40. The largest absolute Gasteiger partial charge is 0.394 e. The van der Waals surface area contributed by atoms with Crippen molar-refractivity contribution in [3.63, 3.8) is 0 Å². The molecule has 1 aliphatic rings. The van der Waals surface area contributed by atoms with E-state index in [4.69, 9.17) is 9.84 Å². The Morgan fingerprint density at radius 2 is 1.82 bits per heavy atom. The zero-order valence-electron chi connectivity index (χ0n) is 12.0. The summed E-state index contributed by atoms with van der Waals surface area (Å²) in [4.78, 5) is 10.9. The normalized spacial score (nSPS) is 29.1. The molecule has 1 saturated heterocycles. The minimum absolute atomic E-state index is 0.181. The van der Waals surface area contributed by atoms with Gasteiger partial charge in [-0.25, -0.2) is 0 Å². The Balaban J connectivity index is 2.00. The number of hydrogen-bond donors (Lipinski definition) is 6. The number of rotatable bonds is 5. The average molecular weight is 312 g/mol. The fourth-order valence-corrected chi connectivity index (χ4v) is 2.26. The predicted octanol–water partition coefficient (Wildman–Crippen LogP) is -1.14. The van der Waals surface area contributed by atoms with Gasteiger partial charge in [-0.05, 0) is 24.3 Å². The van der Waals surface area contributed by atoms with Crippen LogP contribution < -0.4 is 10.6 Å². The van der Waals surface area contributed by atoms with Crippen LogP contribution >= 0.6 is 0 Å². The molecule has 0 aliphatic carbocycles. The van der Waals surface area contributed by atoms with Gasteiger partial charge in [0.2, 0.25) is 5.91 Å². The van der Waals surface area contributed by atoms with Crippen molar-refractivity contribution in [3.05, 3.63) is 24.3 Å². The molecular formula is C14H20N2O6. The molecule has 0 unspecified atom stereocenters. The van der Waals surface area contributed by atoms with E-state index in [0.717, 1.165) is 0 Å². The van der Waals surface area contributed by atoms with Crippen molar-refractivity contribution in [1.29, 1.82) is 0 Å². The van der Waals surface area contributed by atoms with Gasteiger partial charge in [0, 0.05) is 18.3 Å². The van der Waals surface area contributed by atoms with Crippen LogP contribution in [0.2, 0.25) is 0 Å². The Morgan fingerprint density at radius 3 is 2.36 bits per heavy atom. The Bertz CT molecular complexity index is 509. The fraction of sp³-hybridized carbons (Fsp3) is 0.500. The lowest BCUT2D eigenvalue weighted by atomic mass is 10.1. The Morgan fingerprint density at radius 1 is 1.23 bits per heavy atom. The van der Waals surface area contributed by atoms with Crippen LogP contribution in [0.15, 0.2) is 24.3 Å². The maximum Gasteiger partial charge on any atom is 0.221 e. The zero-order valence-corrected chi connectivity index (χ0v) is 12.0. The fourth-order valence-electron chi connectivity index (χ4n) is 2.26. The third-order valence-corrected chi connectivity index (χ3v) is 3.38. The molecule has 1 aliphatic heterocycles. The van der Waals surface area contributed by atoms with E-state index in [9.17, 15) is 20.1 Å². The molecule has 8 heteroatoms. The number of carbonyl (C=O) groups is 1. The summed E-state index contributed by atoms with van der Waals surface area (Å²) in [5.41, 5.74) is 1.23. The minimum Gasteiger partial charge on any atom is -0.394 e.